The summed E-state index contributed by atoms with van der Waals surface area (Å²) in [4.78, 5) is 6.73. The average molecular weight is 205 g/mol. The van der Waals surface area contributed by atoms with Gasteiger partial charge >= 0.3 is 0 Å². The number of hydrogen-bond donors (Lipinski definition) is 1. The molecule has 1 aromatic heterocycles. The summed E-state index contributed by atoms with van der Waals surface area (Å²) in [6.45, 7) is 7.25. The Bertz CT molecular complexity index is 349. The first-order valence-corrected chi connectivity index (χ1v) is 5.59. The highest BCUT2D eigenvalue weighted by atomic mass is 15.2. The van der Waals surface area contributed by atoms with Gasteiger partial charge in [0.1, 0.15) is 0 Å². The van der Waals surface area contributed by atoms with Crippen LogP contribution in [-0.2, 0) is 0 Å². The highest BCUT2D eigenvalue weighted by Crippen LogP contribution is 2.26. The number of rotatable bonds is 2. The summed E-state index contributed by atoms with van der Waals surface area (Å²) >= 11 is 0. The van der Waals surface area contributed by atoms with Crippen LogP contribution >= 0.6 is 0 Å². The minimum atomic E-state index is 0.665. The zero-order valence-corrected chi connectivity index (χ0v) is 9.53. The quantitative estimate of drug-likeness (QED) is 0.795. The second kappa shape index (κ2) is 4.19. The normalized spacial score (nSPS) is 21.0. The van der Waals surface area contributed by atoms with Crippen molar-refractivity contribution in [3.63, 3.8) is 0 Å². The van der Waals surface area contributed by atoms with Gasteiger partial charge in [-0.3, -0.25) is 4.98 Å². The molecule has 0 bridgehead atoms. The van der Waals surface area contributed by atoms with Crippen LogP contribution in [0.2, 0.25) is 0 Å². The molecule has 2 rings (SSSR count). The third-order valence-electron chi connectivity index (χ3n) is 3.39. The number of aromatic nitrogens is 1. The first-order chi connectivity index (χ1) is 7.22. The van der Waals surface area contributed by atoms with Gasteiger partial charge in [0, 0.05) is 30.7 Å². The van der Waals surface area contributed by atoms with Gasteiger partial charge < -0.3 is 10.6 Å². The van der Waals surface area contributed by atoms with E-state index in [4.69, 9.17) is 5.73 Å². The van der Waals surface area contributed by atoms with Crippen LogP contribution in [0.5, 0.6) is 0 Å². The molecule has 0 saturated carbocycles. The van der Waals surface area contributed by atoms with E-state index in [1.807, 2.05) is 6.20 Å². The summed E-state index contributed by atoms with van der Waals surface area (Å²) in [5, 5.41) is 0. The van der Waals surface area contributed by atoms with Crippen LogP contribution in [0.15, 0.2) is 12.3 Å². The van der Waals surface area contributed by atoms with E-state index >= 15 is 0 Å². The summed E-state index contributed by atoms with van der Waals surface area (Å²) < 4.78 is 0. The van der Waals surface area contributed by atoms with Crippen LogP contribution in [0.3, 0.4) is 0 Å². The molecule has 2 heterocycles. The Morgan fingerprint density at radius 3 is 3.00 bits per heavy atom. The monoisotopic (exact) mass is 205 g/mol. The molecular formula is C12H19N3. The number of aryl methyl sites for hydroxylation is 1. The third kappa shape index (κ3) is 1.97. The number of nitrogens with zero attached hydrogens (tertiary/aromatic N) is 2. The smallest absolute Gasteiger partial charge is 0.0429 e. The number of hydrogen-bond acceptors (Lipinski definition) is 3. The molecule has 0 spiro atoms. The lowest BCUT2D eigenvalue weighted by Crippen LogP contribution is -2.23. The SMILES string of the molecule is Cc1nccc(N2CCC(CN)C2)c1C. The third-order valence-corrected chi connectivity index (χ3v) is 3.39. The van der Waals surface area contributed by atoms with Crippen molar-refractivity contribution >= 4 is 5.69 Å². The largest absolute Gasteiger partial charge is 0.371 e. The highest BCUT2D eigenvalue weighted by molar-refractivity contribution is 5.54. The summed E-state index contributed by atoms with van der Waals surface area (Å²) in [6.07, 6.45) is 3.12. The lowest BCUT2D eigenvalue weighted by molar-refractivity contribution is 0.602. The van der Waals surface area contributed by atoms with Gasteiger partial charge in [-0.15, -0.1) is 0 Å². The Balaban J connectivity index is 2.20. The van der Waals surface area contributed by atoms with E-state index in [1.165, 1.54) is 17.7 Å². The van der Waals surface area contributed by atoms with E-state index in [2.05, 4.69) is 29.8 Å². The number of nitrogens with two attached hydrogens (primary N) is 1. The van der Waals surface area contributed by atoms with E-state index in [9.17, 15) is 0 Å². The van der Waals surface area contributed by atoms with Crippen molar-refractivity contribution in [3.05, 3.63) is 23.5 Å². The molecule has 0 aromatic carbocycles. The van der Waals surface area contributed by atoms with Crippen molar-refractivity contribution < 1.29 is 0 Å². The van der Waals surface area contributed by atoms with Crippen LogP contribution < -0.4 is 10.6 Å². The number of anilines is 1. The molecule has 3 nitrogen and oxygen atoms in total. The Morgan fingerprint density at radius 2 is 2.33 bits per heavy atom. The summed E-state index contributed by atoms with van der Waals surface area (Å²) in [5.74, 6) is 0.665. The lowest BCUT2D eigenvalue weighted by Gasteiger charge is -2.21. The molecule has 0 aliphatic carbocycles. The topological polar surface area (TPSA) is 42.2 Å². The fourth-order valence-electron chi connectivity index (χ4n) is 2.21. The Morgan fingerprint density at radius 1 is 1.53 bits per heavy atom. The van der Waals surface area contributed by atoms with E-state index in [-0.39, 0.29) is 0 Å². The second-order valence-corrected chi connectivity index (χ2v) is 4.38. The summed E-state index contributed by atoms with van der Waals surface area (Å²) in [7, 11) is 0. The fraction of sp³-hybridized carbons (Fsp3) is 0.583. The predicted molar refractivity (Wildman–Crippen MR) is 63.1 cm³/mol. The molecule has 0 radical (unpaired) electrons. The van der Waals surface area contributed by atoms with Gasteiger partial charge in [-0.2, -0.15) is 0 Å². The molecule has 15 heavy (non-hydrogen) atoms. The van der Waals surface area contributed by atoms with Crippen molar-refractivity contribution in [1.29, 1.82) is 0 Å². The molecule has 1 unspecified atom stereocenters. The molecule has 1 aliphatic heterocycles. The van der Waals surface area contributed by atoms with Gasteiger partial charge in [-0.1, -0.05) is 0 Å². The first-order valence-electron chi connectivity index (χ1n) is 5.59. The van der Waals surface area contributed by atoms with Crippen LogP contribution in [0.1, 0.15) is 17.7 Å². The molecule has 1 atom stereocenters. The fourth-order valence-corrected chi connectivity index (χ4v) is 2.21. The van der Waals surface area contributed by atoms with Gasteiger partial charge in [0.15, 0.2) is 0 Å². The van der Waals surface area contributed by atoms with Crippen molar-refractivity contribution in [1.82, 2.24) is 4.98 Å². The van der Waals surface area contributed by atoms with Gasteiger partial charge in [0.05, 0.1) is 0 Å². The molecule has 3 heteroatoms. The van der Waals surface area contributed by atoms with Gasteiger partial charge in [0.25, 0.3) is 0 Å². The zero-order valence-electron chi connectivity index (χ0n) is 9.53. The molecule has 1 aliphatic rings. The molecule has 2 N–H and O–H groups in total. The molecule has 1 aromatic rings. The van der Waals surface area contributed by atoms with Crippen LogP contribution in [0, 0.1) is 19.8 Å². The van der Waals surface area contributed by atoms with Crippen LogP contribution in [0.4, 0.5) is 5.69 Å². The summed E-state index contributed by atoms with van der Waals surface area (Å²) in [5.41, 5.74) is 9.46. The van der Waals surface area contributed by atoms with Crippen molar-refractivity contribution in [2.45, 2.75) is 20.3 Å². The minimum absolute atomic E-state index is 0.665. The minimum Gasteiger partial charge on any atom is -0.371 e. The Labute approximate surface area is 91.3 Å². The molecule has 82 valence electrons. The standard InChI is InChI=1S/C12H19N3/c1-9-10(2)14-5-3-12(9)15-6-4-11(7-13)8-15/h3,5,11H,4,6-8,13H2,1-2H3. The molecular weight excluding hydrogens is 186 g/mol. The zero-order chi connectivity index (χ0) is 10.8. The van der Waals surface area contributed by atoms with E-state index < -0.39 is 0 Å². The Hall–Kier alpha value is -1.09. The van der Waals surface area contributed by atoms with E-state index in [1.54, 1.807) is 0 Å². The maximum Gasteiger partial charge on any atom is 0.0429 e. The van der Waals surface area contributed by atoms with Crippen LogP contribution in [0.25, 0.3) is 0 Å². The van der Waals surface area contributed by atoms with Gasteiger partial charge in [0.2, 0.25) is 0 Å². The van der Waals surface area contributed by atoms with Crippen molar-refractivity contribution in [2.24, 2.45) is 11.7 Å². The van der Waals surface area contributed by atoms with Crippen LogP contribution in [-0.4, -0.2) is 24.6 Å². The second-order valence-electron chi connectivity index (χ2n) is 4.38. The molecule has 1 fully saturated rings. The maximum atomic E-state index is 5.70. The predicted octanol–water partition coefficient (Wildman–Crippen LogP) is 1.48. The molecule has 0 amide bonds. The molecule has 1 saturated heterocycles. The Kier molecular flexibility index (Phi) is 2.91. The van der Waals surface area contributed by atoms with Gasteiger partial charge in [-0.05, 0) is 44.4 Å². The maximum absolute atomic E-state index is 5.70. The first kappa shape index (κ1) is 10.4. The van der Waals surface area contributed by atoms with E-state index in [0.717, 1.165) is 25.3 Å². The van der Waals surface area contributed by atoms with Crippen molar-refractivity contribution in [2.75, 3.05) is 24.5 Å². The lowest BCUT2D eigenvalue weighted by atomic mass is 10.1. The average Bonchev–Trinajstić information content (AvgIpc) is 2.70. The highest BCUT2D eigenvalue weighted by Gasteiger charge is 2.22. The summed E-state index contributed by atoms with van der Waals surface area (Å²) in [6, 6.07) is 2.11. The number of pyridine rings is 1. The van der Waals surface area contributed by atoms with E-state index in [0.29, 0.717) is 5.92 Å². The van der Waals surface area contributed by atoms with Crippen molar-refractivity contribution in [3.8, 4) is 0 Å². The van der Waals surface area contributed by atoms with Gasteiger partial charge in [-0.25, -0.2) is 0 Å².